The van der Waals surface area contributed by atoms with E-state index >= 15 is 0 Å². The summed E-state index contributed by atoms with van der Waals surface area (Å²) in [5.74, 6) is 0. The maximum atomic E-state index is 3.45. The van der Waals surface area contributed by atoms with E-state index in [1.165, 1.54) is 10.8 Å². The predicted octanol–water partition coefficient (Wildman–Crippen LogP) is 5.98. The highest BCUT2D eigenvalue weighted by Crippen LogP contribution is 2.25. The number of hydrogen-bond donors (Lipinski definition) is 2. The first-order valence-corrected chi connectivity index (χ1v) is 8.62. The van der Waals surface area contributed by atoms with E-state index in [1.807, 2.05) is 18.2 Å². The van der Waals surface area contributed by atoms with Crippen molar-refractivity contribution in [1.29, 1.82) is 0 Å². The highest BCUT2D eigenvalue weighted by molar-refractivity contribution is 5.95. The van der Waals surface area contributed by atoms with Gasteiger partial charge >= 0.3 is 0 Å². The number of anilines is 2. The van der Waals surface area contributed by atoms with Crippen molar-refractivity contribution in [3.05, 3.63) is 72.8 Å². The average Bonchev–Trinajstić information content (AvgIpc) is 2.55. The lowest BCUT2D eigenvalue weighted by molar-refractivity contribution is 0.518. The van der Waals surface area contributed by atoms with Crippen LogP contribution in [-0.2, 0) is 0 Å². The van der Waals surface area contributed by atoms with E-state index in [2.05, 4.69) is 92.9 Å². The molecular weight excluding hydrogens is 292 g/mol. The van der Waals surface area contributed by atoms with Gasteiger partial charge in [0.15, 0.2) is 0 Å². The van der Waals surface area contributed by atoms with E-state index in [0.717, 1.165) is 11.4 Å². The van der Waals surface area contributed by atoms with E-state index in [0.29, 0.717) is 12.1 Å². The van der Waals surface area contributed by atoms with Gasteiger partial charge in [-0.25, -0.2) is 0 Å². The van der Waals surface area contributed by atoms with Crippen LogP contribution in [0.1, 0.15) is 27.7 Å². The lowest BCUT2D eigenvalue weighted by Gasteiger charge is -2.10. The van der Waals surface area contributed by atoms with Crippen LogP contribution in [0.5, 0.6) is 0 Å². The van der Waals surface area contributed by atoms with Gasteiger partial charge in [0, 0.05) is 28.8 Å². The third-order valence-corrected chi connectivity index (χ3v) is 3.51. The van der Waals surface area contributed by atoms with Gasteiger partial charge in [-0.3, -0.25) is 0 Å². The molecule has 0 fully saturated rings. The van der Waals surface area contributed by atoms with Gasteiger partial charge in [0.25, 0.3) is 0 Å². The van der Waals surface area contributed by atoms with E-state index in [-0.39, 0.29) is 0 Å². The van der Waals surface area contributed by atoms with Gasteiger partial charge in [0.2, 0.25) is 0 Å². The molecule has 0 atom stereocenters. The second-order valence-electron chi connectivity index (χ2n) is 6.49. The summed E-state index contributed by atoms with van der Waals surface area (Å²) in [6, 6.07) is 26.2. The fourth-order valence-corrected chi connectivity index (χ4v) is 2.68. The number of nitrogens with one attached hydrogen (secondary N) is 2. The Morgan fingerprint density at radius 2 is 1.21 bits per heavy atom. The molecular formula is C22H28N2. The predicted molar refractivity (Wildman–Crippen MR) is 107 cm³/mol. The molecule has 0 saturated carbocycles. The minimum atomic E-state index is 0.625. The first kappa shape index (κ1) is 18.0. The molecule has 2 nitrogen and oxygen atoms in total. The van der Waals surface area contributed by atoms with Crippen LogP contribution in [0.2, 0.25) is 0 Å². The Hall–Kier alpha value is -2.32. The van der Waals surface area contributed by atoms with Gasteiger partial charge in [-0.15, -0.1) is 0 Å². The van der Waals surface area contributed by atoms with E-state index in [4.69, 9.17) is 0 Å². The van der Waals surface area contributed by atoms with Crippen LogP contribution in [0, 0.1) is 0 Å². The second-order valence-corrected chi connectivity index (χ2v) is 6.49. The van der Waals surface area contributed by atoms with Gasteiger partial charge < -0.3 is 10.6 Å². The topological polar surface area (TPSA) is 24.1 Å². The fraction of sp³-hybridized carbons (Fsp3) is 0.273. The molecule has 0 aromatic heterocycles. The van der Waals surface area contributed by atoms with Crippen LogP contribution in [0.3, 0.4) is 0 Å². The Morgan fingerprint density at radius 1 is 0.625 bits per heavy atom. The van der Waals surface area contributed by atoms with Gasteiger partial charge in [0.1, 0.15) is 0 Å². The summed E-state index contributed by atoms with van der Waals surface area (Å²) in [5.41, 5.74) is 2.26. The number of hydrogen-bond acceptors (Lipinski definition) is 2. The van der Waals surface area contributed by atoms with Crippen LogP contribution in [0.4, 0.5) is 11.4 Å². The Morgan fingerprint density at radius 3 is 1.83 bits per heavy atom. The maximum Gasteiger partial charge on any atom is 0.0463 e. The normalized spacial score (nSPS) is 10.6. The van der Waals surface area contributed by atoms with Crippen LogP contribution in [0.15, 0.2) is 72.8 Å². The standard InChI is InChI=1S/C16H13N.C6H15N/c1-2-9-14(10-3-1)17-16-12-6-8-13-7-4-5-11-15(13)16;1-5(2)7-6(3)4/h1-12,17H;5-7H,1-4H3. The first-order valence-electron chi connectivity index (χ1n) is 8.62. The zero-order valence-electron chi connectivity index (χ0n) is 15.1. The smallest absolute Gasteiger partial charge is 0.0463 e. The SMILES string of the molecule is CC(C)NC(C)C.c1ccc(Nc2cccc3ccccc23)cc1. The van der Waals surface area contributed by atoms with Gasteiger partial charge in [-0.2, -0.15) is 0 Å². The van der Waals surface area contributed by atoms with Crippen LogP contribution < -0.4 is 10.6 Å². The Balaban J connectivity index is 0.000000256. The highest BCUT2D eigenvalue weighted by atomic mass is 14.9. The monoisotopic (exact) mass is 320 g/mol. The molecule has 126 valence electrons. The molecule has 2 heteroatoms. The van der Waals surface area contributed by atoms with Crippen LogP contribution in [0.25, 0.3) is 10.8 Å². The lowest BCUT2D eigenvalue weighted by Crippen LogP contribution is -2.29. The van der Waals surface area contributed by atoms with Crippen molar-refractivity contribution in [3.63, 3.8) is 0 Å². The molecule has 24 heavy (non-hydrogen) atoms. The van der Waals surface area contributed by atoms with E-state index in [9.17, 15) is 0 Å². The quantitative estimate of drug-likeness (QED) is 0.618. The minimum Gasteiger partial charge on any atom is -0.355 e. The second kappa shape index (κ2) is 9.09. The molecule has 0 aliphatic carbocycles. The largest absolute Gasteiger partial charge is 0.355 e. The van der Waals surface area contributed by atoms with Gasteiger partial charge in [0.05, 0.1) is 0 Å². The summed E-state index contributed by atoms with van der Waals surface area (Å²) >= 11 is 0. The third-order valence-electron chi connectivity index (χ3n) is 3.51. The van der Waals surface area contributed by atoms with Crippen molar-refractivity contribution < 1.29 is 0 Å². The van der Waals surface area contributed by atoms with Crippen molar-refractivity contribution in [3.8, 4) is 0 Å². The zero-order valence-corrected chi connectivity index (χ0v) is 15.1. The van der Waals surface area contributed by atoms with Crippen LogP contribution in [-0.4, -0.2) is 12.1 Å². The fourth-order valence-electron chi connectivity index (χ4n) is 2.68. The Bertz CT molecular complexity index is 722. The van der Waals surface area contributed by atoms with Crippen LogP contribution >= 0.6 is 0 Å². The Kier molecular flexibility index (Phi) is 6.83. The molecule has 3 rings (SSSR count). The number of rotatable bonds is 4. The van der Waals surface area contributed by atoms with Crippen molar-refractivity contribution in [2.45, 2.75) is 39.8 Å². The summed E-state index contributed by atoms with van der Waals surface area (Å²) in [7, 11) is 0. The molecule has 0 aliphatic rings. The van der Waals surface area contributed by atoms with Gasteiger partial charge in [-0.1, -0.05) is 82.3 Å². The molecule has 0 spiro atoms. The number of fused-ring (bicyclic) bond motifs is 1. The van der Waals surface area contributed by atoms with E-state index in [1.54, 1.807) is 0 Å². The highest BCUT2D eigenvalue weighted by Gasteiger charge is 1.99. The molecule has 2 N–H and O–H groups in total. The molecule has 3 aromatic carbocycles. The average molecular weight is 320 g/mol. The Labute approximate surface area is 145 Å². The summed E-state index contributed by atoms with van der Waals surface area (Å²) in [4.78, 5) is 0. The molecule has 0 unspecified atom stereocenters. The molecule has 0 heterocycles. The molecule has 0 radical (unpaired) electrons. The van der Waals surface area contributed by atoms with Crippen molar-refractivity contribution in [2.75, 3.05) is 5.32 Å². The molecule has 0 saturated heterocycles. The minimum absolute atomic E-state index is 0.625. The van der Waals surface area contributed by atoms with Crippen molar-refractivity contribution in [1.82, 2.24) is 5.32 Å². The molecule has 0 aliphatic heterocycles. The van der Waals surface area contributed by atoms with Gasteiger partial charge in [-0.05, 0) is 23.6 Å². The molecule has 0 bridgehead atoms. The summed E-state index contributed by atoms with van der Waals surface area (Å²) in [6.07, 6.45) is 0. The van der Waals surface area contributed by atoms with E-state index < -0.39 is 0 Å². The summed E-state index contributed by atoms with van der Waals surface area (Å²) in [5, 5.41) is 9.26. The summed E-state index contributed by atoms with van der Waals surface area (Å²) < 4.78 is 0. The third kappa shape index (κ3) is 5.71. The number of benzene rings is 3. The summed E-state index contributed by atoms with van der Waals surface area (Å²) in [6.45, 7) is 8.61. The van der Waals surface area contributed by atoms with Crippen molar-refractivity contribution in [2.24, 2.45) is 0 Å². The van der Waals surface area contributed by atoms with Crippen molar-refractivity contribution >= 4 is 22.1 Å². The zero-order chi connectivity index (χ0) is 17.4. The first-order chi connectivity index (χ1) is 11.6. The molecule has 0 amide bonds. The number of para-hydroxylation sites is 1. The maximum absolute atomic E-state index is 3.45. The molecule has 3 aromatic rings. The lowest BCUT2D eigenvalue weighted by atomic mass is 10.1.